The first-order valence-electron chi connectivity index (χ1n) is 6.54. The summed E-state index contributed by atoms with van der Waals surface area (Å²) in [6.07, 6.45) is 0. The summed E-state index contributed by atoms with van der Waals surface area (Å²) in [6.45, 7) is 4.26. The third-order valence-corrected chi connectivity index (χ3v) is 3.16. The standard InChI is InChI=1S/C14H18N4O3/c1-9-5-6-13(12(7-9)18(19)20)21-14-11(8-15-3)10(2)16-17(14)4/h5-7,15H,8H2,1-4H3. The summed E-state index contributed by atoms with van der Waals surface area (Å²) in [5.41, 5.74) is 2.47. The predicted molar refractivity (Wildman–Crippen MR) is 78.6 cm³/mol. The molecule has 2 aromatic rings. The number of rotatable bonds is 5. The molecule has 0 unspecified atom stereocenters. The minimum absolute atomic E-state index is 0.0516. The van der Waals surface area contributed by atoms with Crippen LogP contribution in [0, 0.1) is 24.0 Å². The Morgan fingerprint density at radius 3 is 2.76 bits per heavy atom. The van der Waals surface area contributed by atoms with Crippen LogP contribution in [0.1, 0.15) is 16.8 Å². The maximum Gasteiger partial charge on any atom is 0.311 e. The van der Waals surface area contributed by atoms with Crippen LogP contribution in [0.25, 0.3) is 0 Å². The normalized spacial score (nSPS) is 10.7. The van der Waals surface area contributed by atoms with Gasteiger partial charge in [-0.25, -0.2) is 4.68 Å². The van der Waals surface area contributed by atoms with Gasteiger partial charge in [-0.05, 0) is 32.5 Å². The molecule has 112 valence electrons. The lowest BCUT2D eigenvalue weighted by molar-refractivity contribution is -0.385. The molecule has 7 nitrogen and oxygen atoms in total. The molecule has 1 aromatic heterocycles. The number of aromatic nitrogens is 2. The Kier molecular flexibility index (Phi) is 4.23. The van der Waals surface area contributed by atoms with Crippen LogP contribution >= 0.6 is 0 Å². The zero-order chi connectivity index (χ0) is 15.6. The monoisotopic (exact) mass is 290 g/mol. The van der Waals surface area contributed by atoms with Gasteiger partial charge < -0.3 is 10.1 Å². The number of hydrogen-bond acceptors (Lipinski definition) is 5. The molecule has 0 fully saturated rings. The van der Waals surface area contributed by atoms with Crippen LogP contribution in [0.15, 0.2) is 18.2 Å². The quantitative estimate of drug-likeness (QED) is 0.675. The van der Waals surface area contributed by atoms with Gasteiger partial charge in [0.05, 0.1) is 16.2 Å². The first-order valence-corrected chi connectivity index (χ1v) is 6.54. The number of nitro benzene ring substituents is 1. The van der Waals surface area contributed by atoms with E-state index in [1.807, 2.05) is 14.0 Å². The minimum Gasteiger partial charge on any atom is -0.432 e. The Hall–Kier alpha value is -2.41. The third kappa shape index (κ3) is 3.03. The van der Waals surface area contributed by atoms with Crippen LogP contribution in [-0.4, -0.2) is 21.8 Å². The molecule has 7 heteroatoms. The molecule has 0 spiro atoms. The van der Waals surface area contributed by atoms with Gasteiger partial charge in [0.2, 0.25) is 11.6 Å². The Bertz CT molecular complexity index is 679. The number of hydrogen-bond donors (Lipinski definition) is 1. The van der Waals surface area contributed by atoms with E-state index in [1.165, 1.54) is 6.07 Å². The number of nitrogens with one attached hydrogen (secondary N) is 1. The maximum absolute atomic E-state index is 11.2. The van der Waals surface area contributed by atoms with Gasteiger partial charge in [0.15, 0.2) is 0 Å². The predicted octanol–water partition coefficient (Wildman–Crippen LogP) is 2.46. The zero-order valence-electron chi connectivity index (χ0n) is 12.5. The highest BCUT2D eigenvalue weighted by molar-refractivity contribution is 5.50. The van der Waals surface area contributed by atoms with Crippen LogP contribution in [0.4, 0.5) is 5.69 Å². The summed E-state index contributed by atoms with van der Waals surface area (Å²) in [7, 11) is 3.58. The topological polar surface area (TPSA) is 82.2 Å². The lowest BCUT2D eigenvalue weighted by atomic mass is 10.2. The summed E-state index contributed by atoms with van der Waals surface area (Å²) in [5.74, 6) is 0.722. The van der Waals surface area contributed by atoms with E-state index in [-0.39, 0.29) is 11.4 Å². The molecular weight excluding hydrogens is 272 g/mol. The molecule has 1 aromatic carbocycles. The smallest absolute Gasteiger partial charge is 0.311 e. The summed E-state index contributed by atoms with van der Waals surface area (Å²) >= 11 is 0. The van der Waals surface area contributed by atoms with Gasteiger partial charge in [-0.15, -0.1) is 0 Å². The number of benzene rings is 1. The van der Waals surface area contributed by atoms with Gasteiger partial charge in [-0.3, -0.25) is 10.1 Å². The molecular formula is C14H18N4O3. The van der Waals surface area contributed by atoms with Crippen LogP contribution < -0.4 is 10.1 Å². The van der Waals surface area contributed by atoms with E-state index >= 15 is 0 Å². The van der Waals surface area contributed by atoms with E-state index in [0.29, 0.717) is 12.4 Å². The number of nitrogens with zero attached hydrogens (tertiary/aromatic N) is 3. The van der Waals surface area contributed by atoms with Crippen molar-refractivity contribution in [2.24, 2.45) is 7.05 Å². The highest BCUT2D eigenvalue weighted by Crippen LogP contribution is 2.34. The second-order valence-corrected chi connectivity index (χ2v) is 4.85. The molecule has 2 rings (SSSR count). The van der Waals surface area contributed by atoms with Crippen molar-refractivity contribution in [1.29, 1.82) is 0 Å². The largest absolute Gasteiger partial charge is 0.432 e. The Morgan fingerprint density at radius 1 is 1.43 bits per heavy atom. The van der Waals surface area contributed by atoms with Crippen LogP contribution in [0.5, 0.6) is 11.6 Å². The SMILES string of the molecule is CNCc1c(C)nn(C)c1Oc1ccc(C)cc1[N+](=O)[O-]. The van der Waals surface area contributed by atoms with Crippen molar-refractivity contribution in [2.75, 3.05) is 7.05 Å². The second kappa shape index (κ2) is 5.92. The molecule has 0 bridgehead atoms. The van der Waals surface area contributed by atoms with E-state index in [4.69, 9.17) is 4.74 Å². The van der Waals surface area contributed by atoms with Crippen LogP contribution in [0.3, 0.4) is 0 Å². The van der Waals surface area contributed by atoms with E-state index in [9.17, 15) is 10.1 Å². The van der Waals surface area contributed by atoms with Crippen molar-refractivity contribution in [2.45, 2.75) is 20.4 Å². The lowest BCUT2D eigenvalue weighted by Gasteiger charge is -2.09. The van der Waals surface area contributed by atoms with E-state index < -0.39 is 4.92 Å². The van der Waals surface area contributed by atoms with Crippen molar-refractivity contribution in [3.05, 3.63) is 45.1 Å². The number of ether oxygens (including phenoxy) is 1. The second-order valence-electron chi connectivity index (χ2n) is 4.85. The summed E-state index contributed by atoms with van der Waals surface area (Å²) in [5, 5.41) is 18.5. The van der Waals surface area contributed by atoms with Gasteiger partial charge in [0.1, 0.15) is 0 Å². The van der Waals surface area contributed by atoms with Crippen LogP contribution in [0.2, 0.25) is 0 Å². The highest BCUT2D eigenvalue weighted by Gasteiger charge is 2.20. The molecule has 0 aliphatic heterocycles. The molecule has 0 atom stereocenters. The van der Waals surface area contributed by atoms with Gasteiger partial charge in [0, 0.05) is 19.7 Å². The molecule has 0 amide bonds. The van der Waals surface area contributed by atoms with Crippen molar-refractivity contribution in [3.63, 3.8) is 0 Å². The Labute approximate surface area is 122 Å². The first kappa shape index (κ1) is 15.0. The van der Waals surface area contributed by atoms with E-state index in [0.717, 1.165) is 16.8 Å². The molecule has 0 radical (unpaired) electrons. The third-order valence-electron chi connectivity index (χ3n) is 3.16. The molecule has 1 heterocycles. The summed E-state index contributed by atoms with van der Waals surface area (Å²) in [4.78, 5) is 10.7. The molecule has 0 aliphatic rings. The average Bonchev–Trinajstić information content (AvgIpc) is 2.68. The molecule has 21 heavy (non-hydrogen) atoms. The molecule has 0 saturated heterocycles. The van der Waals surface area contributed by atoms with Gasteiger partial charge in [0.25, 0.3) is 0 Å². The van der Waals surface area contributed by atoms with E-state index in [1.54, 1.807) is 30.8 Å². The molecule has 0 aliphatic carbocycles. The molecule has 0 saturated carbocycles. The Balaban J connectivity index is 2.45. The van der Waals surface area contributed by atoms with Gasteiger partial charge in [-0.1, -0.05) is 6.07 Å². The first-order chi connectivity index (χ1) is 9.93. The summed E-state index contributed by atoms with van der Waals surface area (Å²) < 4.78 is 7.37. The Morgan fingerprint density at radius 2 is 2.14 bits per heavy atom. The maximum atomic E-state index is 11.2. The van der Waals surface area contributed by atoms with Crippen LogP contribution in [-0.2, 0) is 13.6 Å². The summed E-state index contributed by atoms with van der Waals surface area (Å²) in [6, 6.07) is 4.89. The van der Waals surface area contributed by atoms with Crippen molar-refractivity contribution >= 4 is 5.69 Å². The lowest BCUT2D eigenvalue weighted by Crippen LogP contribution is -2.07. The zero-order valence-corrected chi connectivity index (χ0v) is 12.5. The van der Waals surface area contributed by atoms with Gasteiger partial charge in [-0.2, -0.15) is 5.10 Å². The average molecular weight is 290 g/mol. The highest BCUT2D eigenvalue weighted by atomic mass is 16.6. The fraction of sp³-hybridized carbons (Fsp3) is 0.357. The molecule has 1 N–H and O–H groups in total. The fourth-order valence-electron chi connectivity index (χ4n) is 2.15. The number of aryl methyl sites for hydroxylation is 3. The fourth-order valence-corrected chi connectivity index (χ4v) is 2.15. The van der Waals surface area contributed by atoms with Crippen molar-refractivity contribution in [1.82, 2.24) is 15.1 Å². The number of nitro groups is 1. The van der Waals surface area contributed by atoms with Gasteiger partial charge >= 0.3 is 5.69 Å². The van der Waals surface area contributed by atoms with E-state index in [2.05, 4.69) is 10.4 Å². The van der Waals surface area contributed by atoms with Crippen molar-refractivity contribution < 1.29 is 9.66 Å². The minimum atomic E-state index is -0.441. The van der Waals surface area contributed by atoms with Crippen molar-refractivity contribution in [3.8, 4) is 11.6 Å².